The first kappa shape index (κ1) is 13.5. The highest BCUT2D eigenvalue weighted by Crippen LogP contribution is 2.18. The maximum absolute atomic E-state index is 13.5. The molecule has 0 radical (unpaired) electrons. The summed E-state index contributed by atoms with van der Waals surface area (Å²) >= 11 is 5.84. The SMILES string of the molecule is CCC(C)(CC)NCc1cc(Cl)ccc1F. The number of nitrogens with one attached hydrogen (secondary N) is 1. The highest BCUT2D eigenvalue weighted by Gasteiger charge is 2.18. The molecule has 0 aromatic heterocycles. The second-order valence-corrected chi connectivity index (χ2v) is 4.79. The number of hydrogen-bond acceptors (Lipinski definition) is 1. The van der Waals surface area contributed by atoms with Gasteiger partial charge in [-0.25, -0.2) is 4.39 Å². The summed E-state index contributed by atoms with van der Waals surface area (Å²) in [6, 6.07) is 4.66. The van der Waals surface area contributed by atoms with E-state index in [0.717, 1.165) is 12.8 Å². The van der Waals surface area contributed by atoms with Gasteiger partial charge < -0.3 is 5.32 Å². The third-order valence-corrected chi connectivity index (χ3v) is 3.51. The van der Waals surface area contributed by atoms with E-state index in [2.05, 4.69) is 26.1 Å². The van der Waals surface area contributed by atoms with Crippen molar-refractivity contribution in [1.82, 2.24) is 5.32 Å². The van der Waals surface area contributed by atoms with Crippen molar-refractivity contribution in [3.8, 4) is 0 Å². The molecule has 0 spiro atoms. The fraction of sp³-hybridized carbons (Fsp3) is 0.538. The van der Waals surface area contributed by atoms with Crippen molar-refractivity contribution in [1.29, 1.82) is 0 Å². The Balaban J connectivity index is 2.70. The number of hydrogen-bond donors (Lipinski definition) is 1. The van der Waals surface area contributed by atoms with E-state index in [4.69, 9.17) is 11.6 Å². The Bertz CT molecular complexity index is 348. The Morgan fingerprint density at radius 3 is 2.50 bits per heavy atom. The van der Waals surface area contributed by atoms with E-state index in [0.29, 0.717) is 17.1 Å². The molecular weight excluding hydrogens is 225 g/mol. The van der Waals surface area contributed by atoms with E-state index in [-0.39, 0.29) is 11.4 Å². The minimum Gasteiger partial charge on any atom is -0.307 e. The monoisotopic (exact) mass is 243 g/mol. The van der Waals surface area contributed by atoms with Gasteiger partial charge in [0, 0.05) is 22.7 Å². The van der Waals surface area contributed by atoms with Crippen LogP contribution in [0.15, 0.2) is 18.2 Å². The summed E-state index contributed by atoms with van der Waals surface area (Å²) in [6.45, 7) is 6.93. The van der Waals surface area contributed by atoms with E-state index in [9.17, 15) is 4.39 Å². The van der Waals surface area contributed by atoms with Crippen molar-refractivity contribution in [2.24, 2.45) is 0 Å². The summed E-state index contributed by atoms with van der Waals surface area (Å²) in [4.78, 5) is 0. The Hall–Kier alpha value is -0.600. The van der Waals surface area contributed by atoms with Crippen LogP contribution in [0.4, 0.5) is 4.39 Å². The molecular formula is C13H19ClFN. The van der Waals surface area contributed by atoms with Crippen LogP contribution in [0.5, 0.6) is 0 Å². The van der Waals surface area contributed by atoms with Gasteiger partial charge >= 0.3 is 0 Å². The first-order valence-corrected chi connectivity index (χ1v) is 6.07. The van der Waals surface area contributed by atoms with Crippen LogP contribution in [-0.2, 0) is 6.54 Å². The molecule has 0 heterocycles. The van der Waals surface area contributed by atoms with Crippen molar-refractivity contribution in [3.63, 3.8) is 0 Å². The summed E-state index contributed by atoms with van der Waals surface area (Å²) < 4.78 is 13.5. The normalized spacial score (nSPS) is 11.8. The van der Waals surface area contributed by atoms with Gasteiger partial charge in [0.15, 0.2) is 0 Å². The second-order valence-electron chi connectivity index (χ2n) is 4.36. The molecule has 1 aromatic rings. The Morgan fingerprint density at radius 1 is 1.31 bits per heavy atom. The standard InChI is InChI=1S/C13H19ClFN/c1-4-13(3,5-2)16-9-10-8-11(14)6-7-12(10)15/h6-8,16H,4-5,9H2,1-3H3. The summed E-state index contributed by atoms with van der Waals surface area (Å²) in [5, 5.41) is 3.96. The van der Waals surface area contributed by atoms with E-state index in [1.54, 1.807) is 12.1 Å². The molecule has 90 valence electrons. The Labute approximate surface area is 102 Å². The first-order chi connectivity index (χ1) is 7.50. The number of halogens is 2. The minimum absolute atomic E-state index is 0.0642. The van der Waals surface area contributed by atoms with Crippen LogP contribution in [0.25, 0.3) is 0 Å². The van der Waals surface area contributed by atoms with Crippen LogP contribution in [-0.4, -0.2) is 5.54 Å². The van der Waals surface area contributed by atoms with E-state index >= 15 is 0 Å². The van der Waals surface area contributed by atoms with Gasteiger partial charge in [-0.05, 0) is 38.0 Å². The van der Waals surface area contributed by atoms with E-state index in [1.807, 2.05) is 0 Å². The minimum atomic E-state index is -0.202. The molecule has 0 saturated heterocycles. The summed E-state index contributed by atoms with van der Waals surface area (Å²) in [7, 11) is 0. The highest BCUT2D eigenvalue weighted by atomic mass is 35.5. The molecule has 0 aliphatic carbocycles. The fourth-order valence-electron chi connectivity index (χ4n) is 1.49. The molecule has 3 heteroatoms. The van der Waals surface area contributed by atoms with Crippen molar-refractivity contribution in [2.45, 2.75) is 45.7 Å². The van der Waals surface area contributed by atoms with Gasteiger partial charge in [0.2, 0.25) is 0 Å². The summed E-state index contributed by atoms with van der Waals surface area (Å²) in [6.07, 6.45) is 2.04. The molecule has 0 aliphatic heterocycles. The third kappa shape index (κ3) is 3.46. The van der Waals surface area contributed by atoms with Crippen LogP contribution in [0.2, 0.25) is 5.02 Å². The zero-order valence-corrected chi connectivity index (χ0v) is 10.9. The Morgan fingerprint density at radius 2 is 1.94 bits per heavy atom. The highest BCUT2D eigenvalue weighted by molar-refractivity contribution is 6.30. The topological polar surface area (TPSA) is 12.0 Å². The maximum Gasteiger partial charge on any atom is 0.127 e. The van der Waals surface area contributed by atoms with Crippen LogP contribution < -0.4 is 5.32 Å². The molecule has 0 amide bonds. The maximum atomic E-state index is 13.5. The Kier molecular flexibility index (Phi) is 4.75. The van der Waals surface area contributed by atoms with E-state index < -0.39 is 0 Å². The van der Waals surface area contributed by atoms with Gasteiger partial charge in [0.05, 0.1) is 0 Å². The molecule has 1 aromatic carbocycles. The van der Waals surface area contributed by atoms with Gasteiger partial charge in [-0.2, -0.15) is 0 Å². The summed E-state index contributed by atoms with van der Waals surface area (Å²) in [5.41, 5.74) is 0.690. The lowest BCUT2D eigenvalue weighted by molar-refractivity contribution is 0.327. The molecule has 1 nitrogen and oxygen atoms in total. The molecule has 0 bridgehead atoms. The molecule has 16 heavy (non-hydrogen) atoms. The second kappa shape index (κ2) is 5.65. The van der Waals surface area contributed by atoms with Gasteiger partial charge in [0.1, 0.15) is 5.82 Å². The molecule has 1 N–H and O–H groups in total. The summed E-state index contributed by atoms with van der Waals surface area (Å²) in [5.74, 6) is -0.202. The largest absolute Gasteiger partial charge is 0.307 e. The molecule has 0 atom stereocenters. The number of rotatable bonds is 5. The van der Waals surface area contributed by atoms with Crippen molar-refractivity contribution in [3.05, 3.63) is 34.6 Å². The van der Waals surface area contributed by atoms with Gasteiger partial charge in [-0.1, -0.05) is 25.4 Å². The van der Waals surface area contributed by atoms with Crippen LogP contribution >= 0.6 is 11.6 Å². The van der Waals surface area contributed by atoms with Crippen LogP contribution in [0.1, 0.15) is 39.2 Å². The lowest BCUT2D eigenvalue weighted by Crippen LogP contribution is -2.40. The first-order valence-electron chi connectivity index (χ1n) is 5.69. The smallest absolute Gasteiger partial charge is 0.127 e. The van der Waals surface area contributed by atoms with E-state index in [1.165, 1.54) is 6.07 Å². The predicted molar refractivity (Wildman–Crippen MR) is 67.2 cm³/mol. The van der Waals surface area contributed by atoms with Crippen molar-refractivity contribution >= 4 is 11.6 Å². The van der Waals surface area contributed by atoms with Crippen molar-refractivity contribution in [2.75, 3.05) is 0 Å². The van der Waals surface area contributed by atoms with Crippen LogP contribution in [0.3, 0.4) is 0 Å². The predicted octanol–water partition coefficient (Wildman–Crippen LogP) is 4.15. The van der Waals surface area contributed by atoms with Gasteiger partial charge in [-0.15, -0.1) is 0 Å². The van der Waals surface area contributed by atoms with Gasteiger partial charge in [-0.3, -0.25) is 0 Å². The molecule has 0 aliphatic rings. The molecule has 0 unspecified atom stereocenters. The lowest BCUT2D eigenvalue weighted by atomic mass is 9.95. The molecule has 1 rings (SSSR count). The van der Waals surface area contributed by atoms with Crippen molar-refractivity contribution < 1.29 is 4.39 Å². The quantitative estimate of drug-likeness (QED) is 0.819. The fourth-order valence-corrected chi connectivity index (χ4v) is 1.68. The average molecular weight is 244 g/mol. The lowest BCUT2D eigenvalue weighted by Gasteiger charge is -2.28. The molecule has 0 fully saturated rings. The zero-order valence-electron chi connectivity index (χ0n) is 10.1. The average Bonchev–Trinajstić information content (AvgIpc) is 2.30. The molecule has 0 saturated carbocycles. The van der Waals surface area contributed by atoms with Gasteiger partial charge in [0.25, 0.3) is 0 Å². The zero-order chi connectivity index (χ0) is 12.2. The number of benzene rings is 1. The third-order valence-electron chi connectivity index (χ3n) is 3.27. The van der Waals surface area contributed by atoms with Crippen LogP contribution in [0, 0.1) is 5.82 Å².